The molecule has 160 valence electrons. The van der Waals surface area contributed by atoms with E-state index in [0.717, 1.165) is 6.07 Å². The second-order valence-electron chi connectivity index (χ2n) is 7.34. The number of aromatic nitrogens is 3. The zero-order chi connectivity index (χ0) is 22.2. The van der Waals surface area contributed by atoms with Crippen molar-refractivity contribution in [1.82, 2.24) is 19.9 Å². The van der Waals surface area contributed by atoms with E-state index in [0.29, 0.717) is 11.1 Å². The lowest BCUT2D eigenvalue weighted by Gasteiger charge is -2.19. The maximum absolute atomic E-state index is 13.8. The number of nitrogens with zero attached hydrogens (tertiary/aromatic N) is 2. The molecule has 0 aliphatic carbocycles. The molecule has 4 N–H and O–H groups in total. The van der Waals surface area contributed by atoms with E-state index in [-0.39, 0.29) is 27.8 Å². The van der Waals surface area contributed by atoms with Gasteiger partial charge in [-0.1, -0.05) is 25.4 Å². The summed E-state index contributed by atoms with van der Waals surface area (Å²) in [5, 5.41) is 25.9. The number of carbonyl (C=O) groups excluding carboxylic acids is 1. The summed E-state index contributed by atoms with van der Waals surface area (Å²) in [7, 11) is 0. The lowest BCUT2D eigenvalue weighted by molar-refractivity contribution is 0.0757. The van der Waals surface area contributed by atoms with Gasteiger partial charge in [-0.2, -0.15) is 0 Å². The van der Waals surface area contributed by atoms with Crippen LogP contribution >= 0.6 is 11.6 Å². The normalized spacial score (nSPS) is 13.6. The molecule has 2 heterocycles. The van der Waals surface area contributed by atoms with Gasteiger partial charge in [0.1, 0.15) is 11.3 Å². The van der Waals surface area contributed by atoms with Crippen LogP contribution in [-0.2, 0) is 0 Å². The molecule has 0 aliphatic rings. The monoisotopic (exact) mass is 436 g/mol. The first-order valence-electron chi connectivity index (χ1n) is 9.34. The number of hydrogen-bond donors (Lipinski definition) is 4. The molecule has 0 unspecified atom stereocenters. The van der Waals surface area contributed by atoms with Gasteiger partial charge < -0.3 is 20.5 Å². The second-order valence-corrected chi connectivity index (χ2v) is 7.75. The van der Waals surface area contributed by atoms with Crippen molar-refractivity contribution in [3.05, 3.63) is 56.7 Å². The van der Waals surface area contributed by atoms with Gasteiger partial charge in [-0.25, -0.2) is 8.91 Å². The molecule has 0 saturated heterocycles. The van der Waals surface area contributed by atoms with Crippen LogP contribution in [0, 0.1) is 5.82 Å². The van der Waals surface area contributed by atoms with Crippen molar-refractivity contribution in [3.63, 3.8) is 0 Å². The fraction of sp³-hybridized carbons (Fsp3) is 0.350. The predicted molar refractivity (Wildman–Crippen MR) is 110 cm³/mol. The Kier molecular flexibility index (Phi) is 6.25. The molecule has 8 nitrogen and oxygen atoms in total. The average Bonchev–Trinajstić information content (AvgIpc) is 3.08. The lowest BCUT2D eigenvalue weighted by atomic mass is 9.99. The Morgan fingerprint density at radius 1 is 1.37 bits per heavy atom. The number of hydrogen-bond acceptors (Lipinski definition) is 5. The van der Waals surface area contributed by atoms with E-state index in [1.807, 2.05) is 13.8 Å². The molecule has 2 aromatic heterocycles. The van der Waals surface area contributed by atoms with Crippen molar-refractivity contribution in [3.8, 4) is 11.4 Å². The number of benzene rings is 1. The highest BCUT2D eigenvalue weighted by molar-refractivity contribution is 6.30. The summed E-state index contributed by atoms with van der Waals surface area (Å²) in [6.45, 7) is 4.65. The smallest absolute Gasteiger partial charge is 0.275 e. The van der Waals surface area contributed by atoms with Crippen molar-refractivity contribution < 1.29 is 19.4 Å². The van der Waals surface area contributed by atoms with Gasteiger partial charge in [0, 0.05) is 17.3 Å². The number of halogens is 2. The molecule has 0 aliphatic heterocycles. The number of rotatable bonds is 6. The van der Waals surface area contributed by atoms with Crippen molar-refractivity contribution in [2.75, 3.05) is 6.61 Å². The van der Waals surface area contributed by atoms with Crippen molar-refractivity contribution in [1.29, 1.82) is 0 Å². The van der Waals surface area contributed by atoms with Crippen LogP contribution in [0.4, 0.5) is 4.39 Å². The van der Waals surface area contributed by atoms with E-state index in [1.54, 1.807) is 0 Å². The second kappa shape index (κ2) is 8.55. The molecule has 0 saturated carbocycles. The Morgan fingerprint density at radius 2 is 2.07 bits per heavy atom. The minimum Gasteiger partial charge on any atom is -0.394 e. The minimum atomic E-state index is -0.966. The lowest BCUT2D eigenvalue weighted by Crippen LogP contribution is -2.44. The third-order valence-corrected chi connectivity index (χ3v) is 5.10. The minimum absolute atomic E-state index is 0.0549. The number of amides is 1. The van der Waals surface area contributed by atoms with Gasteiger partial charge in [0.15, 0.2) is 5.82 Å². The third kappa shape index (κ3) is 4.09. The van der Waals surface area contributed by atoms with Crippen molar-refractivity contribution in [2.24, 2.45) is 0 Å². The highest BCUT2D eigenvalue weighted by Gasteiger charge is 2.25. The molecule has 0 fully saturated rings. The highest BCUT2D eigenvalue weighted by Crippen LogP contribution is 2.26. The first-order valence-corrected chi connectivity index (χ1v) is 9.72. The number of aliphatic hydroxyl groups is 2. The maximum Gasteiger partial charge on any atom is 0.275 e. The van der Waals surface area contributed by atoms with E-state index in [1.165, 1.54) is 29.8 Å². The van der Waals surface area contributed by atoms with Gasteiger partial charge in [0.2, 0.25) is 0 Å². The summed E-state index contributed by atoms with van der Waals surface area (Å²) in [5.74, 6) is -1.29. The van der Waals surface area contributed by atoms with Gasteiger partial charge in [-0.05, 0) is 31.0 Å². The quantitative estimate of drug-likeness (QED) is 0.471. The first-order chi connectivity index (χ1) is 14.1. The van der Waals surface area contributed by atoms with Crippen LogP contribution < -0.4 is 10.9 Å². The van der Waals surface area contributed by atoms with E-state index < -0.39 is 36.0 Å². The SMILES string of the molecule is CC(C)c1c(C(=O)N[C@H](CO)[C@H](C)O)cn2nc(-c3ccc(Cl)c(F)c3)[nH]c(=O)c12. The van der Waals surface area contributed by atoms with Crippen LogP contribution in [0.1, 0.15) is 42.6 Å². The van der Waals surface area contributed by atoms with E-state index in [2.05, 4.69) is 15.4 Å². The Morgan fingerprint density at radius 3 is 2.63 bits per heavy atom. The maximum atomic E-state index is 13.8. The molecular weight excluding hydrogens is 415 g/mol. The van der Waals surface area contributed by atoms with Crippen LogP contribution in [-0.4, -0.2) is 49.5 Å². The number of H-pyrrole nitrogens is 1. The standard InChI is InChI=1S/C20H22ClFN4O4/c1-9(2)16-12(19(29)23-15(8-27)10(3)28)7-26-17(16)20(30)24-18(25-26)11-4-5-13(21)14(22)6-11/h4-7,9-10,15,27-28H,8H2,1-3H3,(H,23,29)(H,24,25,30)/t10-,15+/m0/s1. The molecule has 0 spiro atoms. The molecule has 0 radical (unpaired) electrons. The van der Waals surface area contributed by atoms with E-state index >= 15 is 0 Å². The van der Waals surface area contributed by atoms with Crippen LogP contribution in [0.3, 0.4) is 0 Å². The predicted octanol–water partition coefficient (Wildman–Crippen LogP) is 2.08. The van der Waals surface area contributed by atoms with Crippen LogP contribution in [0.25, 0.3) is 16.9 Å². The summed E-state index contributed by atoms with van der Waals surface area (Å²) in [5.41, 5.74) is 0.674. The summed E-state index contributed by atoms with van der Waals surface area (Å²) >= 11 is 5.71. The largest absolute Gasteiger partial charge is 0.394 e. The van der Waals surface area contributed by atoms with Gasteiger partial charge in [0.05, 0.1) is 29.3 Å². The Balaban J connectivity index is 2.14. The fourth-order valence-corrected chi connectivity index (χ4v) is 3.33. The van der Waals surface area contributed by atoms with Crippen LogP contribution in [0.2, 0.25) is 5.02 Å². The number of nitrogens with one attached hydrogen (secondary N) is 2. The number of aromatic amines is 1. The Labute approximate surface area is 176 Å². The first kappa shape index (κ1) is 21.9. The number of fused-ring (bicyclic) bond motifs is 1. The topological polar surface area (TPSA) is 120 Å². The highest BCUT2D eigenvalue weighted by atomic mass is 35.5. The van der Waals surface area contributed by atoms with Crippen molar-refractivity contribution >= 4 is 23.0 Å². The Bertz CT molecular complexity index is 1160. The summed E-state index contributed by atoms with van der Waals surface area (Å²) in [6, 6.07) is 3.17. The molecule has 3 rings (SSSR count). The zero-order valence-electron chi connectivity index (χ0n) is 16.6. The average molecular weight is 437 g/mol. The fourth-order valence-electron chi connectivity index (χ4n) is 3.22. The molecule has 30 heavy (non-hydrogen) atoms. The third-order valence-electron chi connectivity index (χ3n) is 4.79. The van der Waals surface area contributed by atoms with Gasteiger partial charge in [0.25, 0.3) is 11.5 Å². The molecule has 1 aromatic carbocycles. The molecule has 1 amide bonds. The molecule has 10 heteroatoms. The van der Waals surface area contributed by atoms with E-state index in [9.17, 15) is 24.2 Å². The molecule has 2 atom stereocenters. The molecule has 0 bridgehead atoms. The summed E-state index contributed by atoms with van der Waals surface area (Å²) in [6.07, 6.45) is 0.438. The summed E-state index contributed by atoms with van der Waals surface area (Å²) < 4.78 is 15.1. The van der Waals surface area contributed by atoms with Crippen LogP contribution in [0.15, 0.2) is 29.2 Å². The molecule has 3 aromatic rings. The van der Waals surface area contributed by atoms with Crippen molar-refractivity contribution in [2.45, 2.75) is 38.8 Å². The molecular formula is C20H22ClFN4O4. The van der Waals surface area contributed by atoms with Crippen LogP contribution in [0.5, 0.6) is 0 Å². The van der Waals surface area contributed by atoms with E-state index in [4.69, 9.17) is 11.6 Å². The zero-order valence-corrected chi connectivity index (χ0v) is 17.4. The number of carbonyl (C=O) groups is 1. The Hall–Kier alpha value is -2.75. The number of aliphatic hydroxyl groups excluding tert-OH is 2. The van der Waals surface area contributed by atoms with Gasteiger partial charge in [-0.15, -0.1) is 5.10 Å². The van der Waals surface area contributed by atoms with Gasteiger partial charge >= 0.3 is 0 Å². The summed E-state index contributed by atoms with van der Waals surface area (Å²) in [4.78, 5) is 28.3. The van der Waals surface area contributed by atoms with Gasteiger partial charge in [-0.3, -0.25) is 9.59 Å².